The zero-order chi connectivity index (χ0) is 31.5. The number of oxime groups is 1. The van der Waals surface area contributed by atoms with Crippen molar-refractivity contribution in [1.29, 1.82) is 0 Å². The second-order valence-corrected chi connectivity index (χ2v) is 12.0. The Balaban J connectivity index is 0.00000461. The third-order valence-electron chi connectivity index (χ3n) is 6.52. The predicted octanol–water partition coefficient (Wildman–Crippen LogP) is -5.08. The molecule has 0 aromatic carbocycles. The number of amides is 2. The number of aryl methyl sites for hydroxylation is 2. The Bertz CT molecular complexity index is 1740. The minimum Gasteiger partial charge on any atom is -0.543 e. The molecule has 0 radical (unpaired) electrons. The summed E-state index contributed by atoms with van der Waals surface area (Å²) in [6, 6.07) is 0.219. The number of anilines is 1. The Morgan fingerprint density at radius 1 is 1.33 bits per heavy atom. The van der Waals surface area contributed by atoms with E-state index in [1.165, 1.54) is 34.3 Å². The number of rotatable bonds is 12. The van der Waals surface area contributed by atoms with Gasteiger partial charge in [-0.25, -0.2) is 4.68 Å². The molecule has 2 aliphatic rings. The molecule has 232 valence electrons. The fraction of sp³-hybridized carbons (Fsp3) is 0.391. The molecule has 22 heteroatoms. The quantitative estimate of drug-likeness (QED) is 0.0531. The number of carbonyl (C=O) groups excluding carboxylic acids is 3. The first kappa shape index (κ1) is 34.4. The first-order chi connectivity index (χ1) is 21.1. The van der Waals surface area contributed by atoms with Crippen LogP contribution < -0.4 is 51.1 Å². The third kappa shape index (κ3) is 7.17. The molecule has 0 saturated carbocycles. The van der Waals surface area contributed by atoms with Gasteiger partial charge in [0.1, 0.15) is 18.0 Å². The van der Waals surface area contributed by atoms with E-state index in [9.17, 15) is 29.4 Å². The van der Waals surface area contributed by atoms with Crippen molar-refractivity contribution in [3.63, 3.8) is 0 Å². The van der Waals surface area contributed by atoms with E-state index in [1.54, 1.807) is 24.6 Å². The second kappa shape index (κ2) is 14.7. The number of carbonyl (C=O) groups is 3. The van der Waals surface area contributed by atoms with Crippen LogP contribution in [0.5, 0.6) is 5.75 Å². The summed E-state index contributed by atoms with van der Waals surface area (Å²) >= 11 is 3.31. The molecule has 2 amide bonds. The molecule has 4 N–H and O–H groups in total. The van der Waals surface area contributed by atoms with Crippen LogP contribution in [-0.2, 0) is 32.3 Å². The molecule has 18 nitrogen and oxygen atoms in total. The number of carboxylic acids is 1. The molecule has 1 saturated heterocycles. The number of pyridine rings is 1. The van der Waals surface area contributed by atoms with Crippen molar-refractivity contribution >= 4 is 63.7 Å². The van der Waals surface area contributed by atoms with Crippen molar-refractivity contribution in [2.75, 3.05) is 23.8 Å². The van der Waals surface area contributed by atoms with E-state index in [0.29, 0.717) is 29.5 Å². The molecule has 2 aliphatic heterocycles. The molecule has 5 rings (SSSR count). The van der Waals surface area contributed by atoms with E-state index in [0.717, 1.165) is 16.4 Å². The number of aromatic hydroxyl groups is 1. The molecule has 3 aromatic heterocycles. The summed E-state index contributed by atoms with van der Waals surface area (Å²) in [6.45, 7) is 4.09. The molecule has 0 unspecified atom stereocenters. The van der Waals surface area contributed by atoms with Crippen LogP contribution in [0.3, 0.4) is 0 Å². The zero-order valence-corrected chi connectivity index (χ0v) is 28.5. The van der Waals surface area contributed by atoms with Crippen molar-refractivity contribution in [2.45, 2.75) is 43.5 Å². The van der Waals surface area contributed by atoms with Crippen LogP contribution in [-0.4, -0.2) is 97.2 Å². The first-order valence-corrected chi connectivity index (χ1v) is 15.7. The maximum absolute atomic E-state index is 13.1. The van der Waals surface area contributed by atoms with Crippen molar-refractivity contribution in [1.82, 2.24) is 44.3 Å². The van der Waals surface area contributed by atoms with Crippen LogP contribution >= 0.6 is 35.1 Å². The van der Waals surface area contributed by atoms with E-state index < -0.39 is 34.6 Å². The summed E-state index contributed by atoms with van der Waals surface area (Å²) < 4.78 is 7.16. The number of hydrogen-bond acceptors (Lipinski definition) is 17. The fourth-order valence-electron chi connectivity index (χ4n) is 4.34. The summed E-state index contributed by atoms with van der Waals surface area (Å²) in [6.07, 6.45) is 1.55. The Hall–Kier alpha value is -3.50. The summed E-state index contributed by atoms with van der Waals surface area (Å²) in [4.78, 5) is 60.0. The predicted molar refractivity (Wildman–Crippen MR) is 155 cm³/mol. The van der Waals surface area contributed by atoms with E-state index in [1.807, 2.05) is 0 Å². The Morgan fingerprint density at radius 2 is 2.11 bits per heavy atom. The molecule has 0 bridgehead atoms. The van der Waals surface area contributed by atoms with E-state index in [-0.39, 0.29) is 75.8 Å². The van der Waals surface area contributed by atoms with Gasteiger partial charge in [-0.15, -0.1) is 16.9 Å². The molecule has 0 spiro atoms. The number of β-lactam (4-membered cyclic amide) rings is 1. The van der Waals surface area contributed by atoms with Gasteiger partial charge >= 0.3 is 29.6 Å². The smallest absolute Gasteiger partial charge is 0.543 e. The molecule has 2 atom stereocenters. The normalized spacial score (nSPS) is 17.8. The average molecular weight is 686 g/mol. The van der Waals surface area contributed by atoms with E-state index in [4.69, 9.17) is 10.6 Å². The maximum Gasteiger partial charge on any atom is 1.00 e. The number of carboxylic acid groups (broad SMARTS) is 1. The van der Waals surface area contributed by atoms with E-state index in [2.05, 4.69) is 35.4 Å². The minimum atomic E-state index is -1.53. The van der Waals surface area contributed by atoms with Gasteiger partial charge < -0.3 is 35.5 Å². The number of tetrazole rings is 1. The molecular formula is C23H24N11NaO7S3. The van der Waals surface area contributed by atoms with Crippen LogP contribution in [0.1, 0.15) is 18.4 Å². The number of nitrogens with zero attached hydrogens (tertiary/aromatic N) is 9. The average Bonchev–Trinajstić information content (AvgIpc) is 3.65. The van der Waals surface area contributed by atoms with Crippen LogP contribution in [0.4, 0.5) is 5.13 Å². The first-order valence-electron chi connectivity index (χ1n) is 12.9. The summed E-state index contributed by atoms with van der Waals surface area (Å²) in [7, 11) is 0. The van der Waals surface area contributed by atoms with Crippen LogP contribution in [0, 0.1) is 6.92 Å². The Labute approximate surface area is 288 Å². The van der Waals surface area contributed by atoms with Crippen molar-refractivity contribution in [3.05, 3.63) is 45.3 Å². The standard InChI is InChI=1S/C23H25N11O7S3.Na/c1-3-41-28-13(17-26-22(24)44-29-17)18(37)25-14-19(38)34-15(21(39)40)11(8-42-20(14)34)9-43-23-27-30-31-33(23)7-6-32-5-4-12(35)16(36)10(32)2;/h4-5,14,20,36H,3,6-9H2,1-2H3,(H,25,37)(H,39,40)(H2,24,26,29);/q;+1/p-1/b28-13-;/t14-,20+;/m1./s1. The van der Waals surface area contributed by atoms with Gasteiger partial charge in [-0.05, 0) is 29.8 Å². The van der Waals surface area contributed by atoms with Crippen molar-refractivity contribution in [3.8, 4) is 5.75 Å². The number of nitrogens with two attached hydrogens (primary N) is 1. The van der Waals surface area contributed by atoms with Gasteiger partial charge in [0.05, 0.1) is 23.9 Å². The van der Waals surface area contributed by atoms with Gasteiger partial charge in [0.15, 0.2) is 10.9 Å². The van der Waals surface area contributed by atoms with Crippen LogP contribution in [0.25, 0.3) is 0 Å². The Morgan fingerprint density at radius 3 is 2.80 bits per heavy atom. The molecule has 3 aromatic rings. The van der Waals surface area contributed by atoms with Gasteiger partial charge in [-0.1, -0.05) is 16.9 Å². The maximum atomic E-state index is 13.1. The summed E-state index contributed by atoms with van der Waals surface area (Å²) in [5.41, 5.74) is 5.42. The summed E-state index contributed by atoms with van der Waals surface area (Å²) in [5.74, 6) is -2.97. The number of fused-ring (bicyclic) bond motifs is 1. The third-order valence-corrected chi connectivity index (χ3v) is 9.45. The monoisotopic (exact) mass is 685 g/mol. The van der Waals surface area contributed by atoms with Gasteiger partial charge in [0.2, 0.25) is 22.1 Å². The number of aliphatic carboxylic acids is 1. The number of thioether (sulfide) groups is 2. The molecule has 5 heterocycles. The van der Waals surface area contributed by atoms with Gasteiger partial charge in [-0.3, -0.25) is 19.3 Å². The zero-order valence-electron chi connectivity index (χ0n) is 24.1. The van der Waals surface area contributed by atoms with Gasteiger partial charge in [-0.2, -0.15) is 9.36 Å². The van der Waals surface area contributed by atoms with Gasteiger partial charge in [0.25, 0.3) is 11.8 Å². The van der Waals surface area contributed by atoms with Crippen LogP contribution in [0.15, 0.2) is 38.6 Å². The molecular weight excluding hydrogens is 662 g/mol. The Kier molecular flexibility index (Phi) is 11.3. The number of nitrogen functional groups attached to an aromatic ring is 1. The fourth-order valence-corrected chi connectivity index (χ4v) is 7.16. The molecule has 45 heavy (non-hydrogen) atoms. The van der Waals surface area contributed by atoms with Gasteiger partial charge in [0, 0.05) is 41.8 Å². The van der Waals surface area contributed by atoms with Crippen molar-refractivity contribution < 1.29 is 59.0 Å². The SMILES string of the molecule is CCO/N=C(\C(=O)N[C@@H]1C(=O)N2C(C(=O)[O-])=C(CSc3nnnn3CCn3ccc(=O)c(O)c3C)CS[C@@H]12)c1nsc(N)n1.[Na+]. The molecule has 1 fully saturated rings. The number of aromatic nitrogens is 7. The number of nitrogens with one attached hydrogen (secondary N) is 1. The largest absolute Gasteiger partial charge is 1.00 e. The second-order valence-electron chi connectivity index (χ2n) is 9.20. The van der Waals surface area contributed by atoms with Crippen LogP contribution in [0.2, 0.25) is 0 Å². The molecule has 0 aliphatic carbocycles. The van der Waals surface area contributed by atoms with E-state index >= 15 is 0 Å². The number of hydrogen-bond donors (Lipinski definition) is 3. The topological polar surface area (TPSA) is 249 Å². The minimum absolute atomic E-state index is 0. The van der Waals surface area contributed by atoms with Crippen molar-refractivity contribution in [2.24, 2.45) is 5.16 Å². The summed E-state index contributed by atoms with van der Waals surface area (Å²) in [5, 5.41) is 39.9.